The minimum atomic E-state index is -4.97. The molecule has 630 valence electrons. The number of phosphoric ester groups is 2. The third-order valence-electron chi connectivity index (χ3n) is 21.0. The Labute approximate surface area is 651 Å². The molecule has 0 aliphatic carbocycles. The van der Waals surface area contributed by atoms with Crippen molar-refractivity contribution in [1.82, 2.24) is 0 Å². The molecule has 0 bridgehead atoms. The van der Waals surface area contributed by atoms with Crippen LogP contribution >= 0.6 is 15.6 Å². The Morgan fingerprint density at radius 2 is 0.453 bits per heavy atom. The van der Waals surface area contributed by atoms with Gasteiger partial charge in [-0.3, -0.25) is 37.3 Å². The van der Waals surface area contributed by atoms with E-state index in [1.165, 1.54) is 257 Å². The maximum atomic E-state index is 13.2. The Bertz CT molecular complexity index is 2060. The van der Waals surface area contributed by atoms with Crippen LogP contribution in [0.5, 0.6) is 0 Å². The zero-order valence-electron chi connectivity index (χ0n) is 70.1. The summed E-state index contributed by atoms with van der Waals surface area (Å²) < 4.78 is 69.0. The van der Waals surface area contributed by atoms with Gasteiger partial charge in [-0.2, -0.15) is 0 Å². The SMILES string of the molecule is CCC(C)CCCCCCCCCCCCCCCCC(=O)OC[C@H](COP(=O)(O)OC[C@@H](O)COP(=O)(O)OC[C@@H](COC(=O)CCCCCCCCCCC(C)C)OC(=O)CCCCCCCCCCCCCCCCC(C)CC)OC(=O)CCCCCCCCCCCCCCCCCCC(C)C. The predicted octanol–water partition coefficient (Wildman–Crippen LogP) is 26.3. The van der Waals surface area contributed by atoms with Crippen LogP contribution in [0.15, 0.2) is 0 Å². The summed E-state index contributed by atoms with van der Waals surface area (Å²) in [7, 11) is -9.93. The normalized spacial score (nSPS) is 14.4. The minimum Gasteiger partial charge on any atom is -0.462 e. The van der Waals surface area contributed by atoms with E-state index in [0.29, 0.717) is 25.7 Å². The van der Waals surface area contributed by atoms with Crippen molar-refractivity contribution in [2.24, 2.45) is 23.7 Å². The van der Waals surface area contributed by atoms with Gasteiger partial charge in [-0.25, -0.2) is 9.13 Å². The third kappa shape index (κ3) is 77.4. The highest BCUT2D eigenvalue weighted by Crippen LogP contribution is 2.45. The molecule has 106 heavy (non-hydrogen) atoms. The van der Waals surface area contributed by atoms with Crippen LogP contribution in [0.2, 0.25) is 0 Å². The number of carbonyl (C=O) groups excluding carboxylic acids is 4. The highest BCUT2D eigenvalue weighted by molar-refractivity contribution is 7.47. The van der Waals surface area contributed by atoms with Crippen molar-refractivity contribution in [3.8, 4) is 0 Å². The van der Waals surface area contributed by atoms with Crippen molar-refractivity contribution in [2.45, 2.75) is 472 Å². The number of aliphatic hydroxyl groups excluding tert-OH is 1. The van der Waals surface area contributed by atoms with Crippen molar-refractivity contribution >= 4 is 39.5 Å². The first-order valence-corrected chi connectivity index (χ1v) is 47.8. The van der Waals surface area contributed by atoms with E-state index in [-0.39, 0.29) is 25.7 Å². The summed E-state index contributed by atoms with van der Waals surface area (Å²) in [5, 5.41) is 10.7. The number of phosphoric acid groups is 2. The number of hydrogen-bond donors (Lipinski definition) is 3. The van der Waals surface area contributed by atoms with E-state index in [9.17, 15) is 43.2 Å². The summed E-state index contributed by atoms with van der Waals surface area (Å²) in [6, 6.07) is 0. The van der Waals surface area contributed by atoms with Gasteiger partial charge in [0, 0.05) is 25.7 Å². The van der Waals surface area contributed by atoms with E-state index >= 15 is 0 Å². The van der Waals surface area contributed by atoms with Gasteiger partial charge in [0.1, 0.15) is 19.3 Å². The Kier molecular flexibility index (Phi) is 74.3. The fourth-order valence-electron chi connectivity index (χ4n) is 13.4. The number of carbonyl (C=O) groups is 4. The molecule has 17 nitrogen and oxygen atoms in total. The van der Waals surface area contributed by atoms with Gasteiger partial charge in [-0.15, -0.1) is 0 Å². The molecule has 0 rings (SSSR count). The standard InChI is InChI=1S/C87H170O17P2/c1-9-79(7)65-57-49-41-32-26-20-15-17-22-28-34-43-51-59-67-84(89)97-73-82(103-86(91)69-61-53-45-35-29-23-14-12-11-13-19-25-31-39-47-55-63-77(3)4)75-101-105(93,94)99-71-81(88)72-100-106(95,96)102-76-83(74-98-85(90)68-60-52-44-38-37-40-48-56-64-78(5)6)104-87(92)70-62-54-46-36-30-24-18-16-21-27-33-42-50-58-66-80(8)10-2/h77-83,88H,9-76H2,1-8H3,(H,93,94)(H,95,96)/t79?,80?,81-,82-,83-/m1/s1. The maximum absolute atomic E-state index is 13.2. The van der Waals surface area contributed by atoms with Crippen LogP contribution in [0, 0.1) is 23.7 Å². The zero-order valence-corrected chi connectivity index (χ0v) is 71.9. The topological polar surface area (TPSA) is 237 Å². The molecule has 0 aliphatic rings. The lowest BCUT2D eigenvalue weighted by Crippen LogP contribution is -2.30. The van der Waals surface area contributed by atoms with Crippen LogP contribution in [-0.2, 0) is 65.4 Å². The fraction of sp³-hybridized carbons (Fsp3) is 0.954. The summed E-state index contributed by atoms with van der Waals surface area (Å²) in [5.74, 6) is 1.13. The van der Waals surface area contributed by atoms with Crippen LogP contribution in [0.1, 0.15) is 453 Å². The van der Waals surface area contributed by atoms with Gasteiger partial charge in [0.05, 0.1) is 26.4 Å². The van der Waals surface area contributed by atoms with Gasteiger partial charge in [-0.1, -0.05) is 402 Å². The van der Waals surface area contributed by atoms with Crippen LogP contribution in [0.3, 0.4) is 0 Å². The summed E-state index contributed by atoms with van der Waals surface area (Å²) >= 11 is 0. The molecular weight excluding hydrogens is 1380 g/mol. The van der Waals surface area contributed by atoms with Gasteiger partial charge in [-0.05, 0) is 49.4 Å². The molecule has 7 atom stereocenters. The summed E-state index contributed by atoms with van der Waals surface area (Å²) in [4.78, 5) is 73.3. The van der Waals surface area contributed by atoms with E-state index in [0.717, 1.165) is 114 Å². The predicted molar refractivity (Wildman–Crippen MR) is 437 cm³/mol. The zero-order chi connectivity index (χ0) is 78.1. The molecule has 0 aromatic rings. The average molecular weight is 1550 g/mol. The molecule has 3 N–H and O–H groups in total. The van der Waals surface area contributed by atoms with Crippen molar-refractivity contribution in [1.29, 1.82) is 0 Å². The average Bonchev–Trinajstić information content (AvgIpc) is 0.895. The third-order valence-corrected chi connectivity index (χ3v) is 22.9. The molecule has 0 heterocycles. The van der Waals surface area contributed by atoms with Crippen molar-refractivity contribution < 1.29 is 80.2 Å². The molecule has 0 aromatic carbocycles. The first-order chi connectivity index (χ1) is 51.2. The Hall–Kier alpha value is -1.94. The highest BCUT2D eigenvalue weighted by atomic mass is 31.2. The number of aliphatic hydroxyl groups is 1. The molecule has 0 aromatic heterocycles. The van der Waals surface area contributed by atoms with E-state index in [1.807, 2.05) is 0 Å². The lowest BCUT2D eigenvalue weighted by atomic mass is 9.99. The molecule has 19 heteroatoms. The largest absolute Gasteiger partial charge is 0.472 e. The van der Waals surface area contributed by atoms with Crippen LogP contribution < -0.4 is 0 Å². The summed E-state index contributed by atoms with van der Waals surface area (Å²) in [6.45, 7) is 14.4. The Morgan fingerprint density at radius 3 is 0.670 bits per heavy atom. The summed E-state index contributed by atoms with van der Waals surface area (Å²) in [6.07, 6.45) is 65.1. The molecular formula is C87H170O17P2. The van der Waals surface area contributed by atoms with Gasteiger partial charge in [0.2, 0.25) is 0 Å². The van der Waals surface area contributed by atoms with E-state index in [4.69, 9.17) is 37.0 Å². The summed E-state index contributed by atoms with van der Waals surface area (Å²) in [5.41, 5.74) is 0. The Morgan fingerprint density at radius 1 is 0.264 bits per heavy atom. The second-order valence-corrected chi connectivity index (χ2v) is 35.6. The second-order valence-electron chi connectivity index (χ2n) is 32.7. The number of ether oxygens (including phenoxy) is 4. The van der Waals surface area contributed by atoms with E-state index in [1.54, 1.807) is 0 Å². The first kappa shape index (κ1) is 104. The highest BCUT2D eigenvalue weighted by Gasteiger charge is 2.31. The molecule has 0 saturated carbocycles. The van der Waals surface area contributed by atoms with Gasteiger partial charge in [0.15, 0.2) is 12.2 Å². The van der Waals surface area contributed by atoms with Gasteiger partial charge < -0.3 is 33.8 Å². The number of rotatable bonds is 84. The maximum Gasteiger partial charge on any atom is 0.472 e. The molecule has 0 saturated heterocycles. The number of hydrogen-bond acceptors (Lipinski definition) is 15. The quantitative estimate of drug-likeness (QED) is 0.0222. The molecule has 4 unspecified atom stereocenters. The lowest BCUT2D eigenvalue weighted by molar-refractivity contribution is -0.161. The number of esters is 4. The molecule has 0 radical (unpaired) electrons. The van der Waals surface area contributed by atoms with Gasteiger partial charge >= 0.3 is 39.5 Å². The fourth-order valence-corrected chi connectivity index (χ4v) is 15.0. The smallest absolute Gasteiger partial charge is 0.462 e. The van der Waals surface area contributed by atoms with Crippen LogP contribution in [-0.4, -0.2) is 96.7 Å². The molecule has 0 aliphatic heterocycles. The van der Waals surface area contributed by atoms with Crippen molar-refractivity contribution in [3.05, 3.63) is 0 Å². The number of unbranched alkanes of at least 4 members (excludes halogenated alkanes) is 48. The van der Waals surface area contributed by atoms with Crippen molar-refractivity contribution in [2.75, 3.05) is 39.6 Å². The molecule has 0 fully saturated rings. The van der Waals surface area contributed by atoms with Gasteiger partial charge in [0.25, 0.3) is 0 Å². The molecule has 0 amide bonds. The Balaban J connectivity index is 5.26. The van der Waals surface area contributed by atoms with E-state index < -0.39 is 97.5 Å². The minimum absolute atomic E-state index is 0.107. The first-order valence-electron chi connectivity index (χ1n) is 44.8. The lowest BCUT2D eigenvalue weighted by Gasteiger charge is -2.21. The van der Waals surface area contributed by atoms with E-state index in [2.05, 4.69) is 55.4 Å². The van der Waals surface area contributed by atoms with Crippen LogP contribution in [0.4, 0.5) is 0 Å². The molecule has 0 spiro atoms. The second kappa shape index (κ2) is 75.7. The van der Waals surface area contributed by atoms with Crippen LogP contribution in [0.25, 0.3) is 0 Å². The van der Waals surface area contributed by atoms with Crippen molar-refractivity contribution in [3.63, 3.8) is 0 Å². The monoisotopic (exact) mass is 1550 g/mol.